The Hall–Kier alpha value is -3.94. The summed E-state index contributed by atoms with van der Waals surface area (Å²) >= 11 is 0. The van der Waals surface area contributed by atoms with E-state index in [4.69, 9.17) is 18.6 Å². The van der Waals surface area contributed by atoms with Crippen molar-refractivity contribution in [3.05, 3.63) is 52.7 Å². The second-order valence-corrected chi connectivity index (χ2v) is 9.01. The highest BCUT2D eigenvalue weighted by molar-refractivity contribution is 5.83. The van der Waals surface area contributed by atoms with Crippen LogP contribution in [-0.4, -0.2) is 17.9 Å². The van der Waals surface area contributed by atoms with Crippen LogP contribution >= 0.6 is 0 Å². The van der Waals surface area contributed by atoms with Gasteiger partial charge in [-0.3, -0.25) is 19.2 Å². The van der Waals surface area contributed by atoms with Crippen LogP contribution in [-0.2, 0) is 14.4 Å². The molecule has 0 atom stereocenters. The third kappa shape index (κ3) is 7.78. The fourth-order valence-corrected chi connectivity index (χ4v) is 3.69. The summed E-state index contributed by atoms with van der Waals surface area (Å²) in [7, 11) is 0. The monoisotopic (exact) mass is 522 g/mol. The van der Waals surface area contributed by atoms with Crippen molar-refractivity contribution >= 4 is 28.9 Å². The lowest BCUT2D eigenvalue weighted by molar-refractivity contribution is -0.138. The lowest BCUT2D eigenvalue weighted by Crippen LogP contribution is -2.15. The van der Waals surface area contributed by atoms with E-state index in [1.165, 1.54) is 18.2 Å². The summed E-state index contributed by atoms with van der Waals surface area (Å²) in [5.41, 5.74) is 0.422. The van der Waals surface area contributed by atoms with Crippen molar-refractivity contribution < 1.29 is 33.0 Å². The Balaban J connectivity index is 2.15. The van der Waals surface area contributed by atoms with Gasteiger partial charge in [0.2, 0.25) is 5.75 Å². The largest absolute Gasteiger partial charge is 0.456 e. The third-order valence-electron chi connectivity index (χ3n) is 5.81. The number of unbranched alkanes of at least 4 members (excludes halogenated alkanes) is 3. The highest BCUT2D eigenvalue weighted by Gasteiger charge is 2.24. The molecule has 0 bridgehead atoms. The topological polar surface area (TPSA) is 109 Å². The van der Waals surface area contributed by atoms with Crippen molar-refractivity contribution in [2.45, 2.75) is 78.6 Å². The average Bonchev–Trinajstić information content (AvgIpc) is 2.91. The van der Waals surface area contributed by atoms with Gasteiger partial charge in [0.25, 0.3) is 0 Å². The number of benzene rings is 2. The molecule has 0 aliphatic carbocycles. The zero-order valence-corrected chi connectivity index (χ0v) is 22.2. The molecule has 8 heteroatoms. The maximum Gasteiger partial charge on any atom is 0.311 e. The van der Waals surface area contributed by atoms with E-state index in [-0.39, 0.29) is 47.7 Å². The molecule has 1 heterocycles. The number of rotatable bonds is 13. The molecule has 0 spiro atoms. The molecule has 0 N–H and O–H groups in total. The van der Waals surface area contributed by atoms with Gasteiger partial charge in [-0.25, -0.2) is 0 Å². The summed E-state index contributed by atoms with van der Waals surface area (Å²) in [4.78, 5) is 50.5. The number of ether oxygens (including phenoxy) is 3. The zero-order chi connectivity index (χ0) is 27.5. The van der Waals surface area contributed by atoms with Crippen molar-refractivity contribution in [2.24, 2.45) is 0 Å². The first-order valence-electron chi connectivity index (χ1n) is 13.2. The van der Waals surface area contributed by atoms with Crippen molar-refractivity contribution in [3.63, 3.8) is 0 Å². The smallest absolute Gasteiger partial charge is 0.311 e. The summed E-state index contributed by atoms with van der Waals surface area (Å²) < 4.78 is 22.8. The van der Waals surface area contributed by atoms with Crippen LogP contribution in [0.25, 0.3) is 22.3 Å². The van der Waals surface area contributed by atoms with Gasteiger partial charge in [-0.15, -0.1) is 0 Å². The lowest BCUT2D eigenvalue weighted by atomic mass is 10.1. The molecule has 0 amide bonds. The molecular weight excluding hydrogens is 488 g/mol. The summed E-state index contributed by atoms with van der Waals surface area (Å²) in [6, 6.07) is 11.0. The average molecular weight is 523 g/mol. The van der Waals surface area contributed by atoms with E-state index in [1.807, 2.05) is 20.8 Å². The Bertz CT molecular complexity index is 1290. The number of esters is 3. The SMILES string of the molecule is CCCCC(=O)Oc1cc(-c2cc(=O)c3ccccc3o2)cc(OC(=O)CCCC)c1OC(=O)CCCC. The first kappa shape index (κ1) is 28.6. The second-order valence-electron chi connectivity index (χ2n) is 9.01. The fourth-order valence-electron chi connectivity index (χ4n) is 3.69. The molecule has 8 nitrogen and oxygen atoms in total. The van der Waals surface area contributed by atoms with Crippen LogP contribution in [0.1, 0.15) is 78.6 Å². The van der Waals surface area contributed by atoms with E-state index < -0.39 is 17.9 Å². The normalized spacial score (nSPS) is 10.8. The van der Waals surface area contributed by atoms with Crippen molar-refractivity contribution in [2.75, 3.05) is 0 Å². The minimum absolute atomic E-state index is 0.0949. The van der Waals surface area contributed by atoms with Gasteiger partial charge in [-0.2, -0.15) is 0 Å². The third-order valence-corrected chi connectivity index (χ3v) is 5.81. The standard InChI is InChI=1S/C30H34O8/c1-4-7-14-27(32)36-25-17-20(24-19-22(31)21-12-10-11-13-23(21)35-24)18-26(37-28(33)15-8-5-2)30(25)38-29(34)16-9-6-3/h10-13,17-19H,4-9,14-16H2,1-3H3. The Labute approximate surface area is 221 Å². The molecule has 3 rings (SSSR count). The predicted octanol–water partition coefficient (Wildman–Crippen LogP) is 6.75. The minimum atomic E-state index is -0.548. The Kier molecular flexibility index (Phi) is 10.6. The Morgan fingerprint density at radius 2 is 1.21 bits per heavy atom. The molecule has 1 aromatic heterocycles. The molecule has 0 saturated carbocycles. The van der Waals surface area contributed by atoms with Gasteiger partial charge in [0, 0.05) is 30.9 Å². The van der Waals surface area contributed by atoms with Crippen LogP contribution in [0.2, 0.25) is 0 Å². The van der Waals surface area contributed by atoms with Gasteiger partial charge in [0.1, 0.15) is 11.3 Å². The summed E-state index contributed by atoms with van der Waals surface area (Å²) in [6.07, 6.45) is 4.65. The Morgan fingerprint density at radius 3 is 1.74 bits per heavy atom. The molecule has 2 aromatic carbocycles. The Morgan fingerprint density at radius 1 is 0.711 bits per heavy atom. The van der Waals surface area contributed by atoms with Crippen LogP contribution in [0, 0.1) is 0 Å². The molecule has 0 saturated heterocycles. The zero-order valence-electron chi connectivity index (χ0n) is 22.2. The van der Waals surface area contributed by atoms with E-state index in [0.717, 1.165) is 19.3 Å². The van der Waals surface area contributed by atoms with Gasteiger partial charge < -0.3 is 18.6 Å². The molecule has 3 aromatic rings. The summed E-state index contributed by atoms with van der Waals surface area (Å²) in [6.45, 7) is 5.84. The van der Waals surface area contributed by atoms with Gasteiger partial charge in [0.05, 0.1) is 5.39 Å². The van der Waals surface area contributed by atoms with Gasteiger partial charge in [0.15, 0.2) is 16.9 Å². The van der Waals surface area contributed by atoms with Crippen molar-refractivity contribution in [1.29, 1.82) is 0 Å². The molecule has 38 heavy (non-hydrogen) atoms. The molecule has 0 unspecified atom stereocenters. The fraction of sp³-hybridized carbons (Fsp3) is 0.400. The van der Waals surface area contributed by atoms with Gasteiger partial charge >= 0.3 is 17.9 Å². The highest BCUT2D eigenvalue weighted by Crippen LogP contribution is 2.43. The van der Waals surface area contributed by atoms with E-state index in [0.29, 0.717) is 35.8 Å². The highest BCUT2D eigenvalue weighted by atomic mass is 16.6. The minimum Gasteiger partial charge on any atom is -0.456 e. The lowest BCUT2D eigenvalue weighted by Gasteiger charge is -2.16. The predicted molar refractivity (Wildman–Crippen MR) is 143 cm³/mol. The first-order valence-corrected chi connectivity index (χ1v) is 13.2. The summed E-state index contributed by atoms with van der Waals surface area (Å²) in [5, 5.41) is 0.412. The van der Waals surface area contributed by atoms with E-state index in [1.54, 1.807) is 24.3 Å². The van der Waals surface area contributed by atoms with E-state index >= 15 is 0 Å². The molecule has 202 valence electrons. The van der Waals surface area contributed by atoms with Gasteiger partial charge in [-0.1, -0.05) is 52.2 Å². The number of carbonyl (C=O) groups is 3. The van der Waals surface area contributed by atoms with Crippen LogP contribution in [0.15, 0.2) is 51.7 Å². The number of fused-ring (bicyclic) bond motifs is 1. The molecule has 0 radical (unpaired) electrons. The van der Waals surface area contributed by atoms with Crippen LogP contribution < -0.4 is 19.6 Å². The van der Waals surface area contributed by atoms with Crippen molar-refractivity contribution in [3.8, 4) is 28.6 Å². The van der Waals surface area contributed by atoms with Crippen LogP contribution in [0.3, 0.4) is 0 Å². The second kappa shape index (κ2) is 14.1. The molecule has 0 aliphatic rings. The first-order chi connectivity index (χ1) is 18.4. The van der Waals surface area contributed by atoms with E-state index in [2.05, 4.69) is 0 Å². The number of hydrogen-bond acceptors (Lipinski definition) is 8. The van der Waals surface area contributed by atoms with Crippen molar-refractivity contribution in [1.82, 2.24) is 0 Å². The maximum atomic E-state index is 12.7. The maximum absolute atomic E-state index is 12.7. The molecular formula is C30H34O8. The van der Waals surface area contributed by atoms with E-state index in [9.17, 15) is 19.2 Å². The molecule has 0 fully saturated rings. The molecule has 0 aliphatic heterocycles. The number of hydrogen-bond donors (Lipinski definition) is 0. The number of carbonyl (C=O) groups excluding carboxylic acids is 3. The van der Waals surface area contributed by atoms with Gasteiger partial charge in [-0.05, 0) is 43.5 Å². The quantitative estimate of drug-likeness (QED) is 0.179. The van der Waals surface area contributed by atoms with Crippen LogP contribution in [0.4, 0.5) is 0 Å². The number of para-hydroxylation sites is 1. The van der Waals surface area contributed by atoms with Crippen LogP contribution in [0.5, 0.6) is 17.2 Å². The summed E-state index contributed by atoms with van der Waals surface area (Å²) in [5.74, 6) is -1.78.